The Labute approximate surface area is 214 Å². The van der Waals surface area contributed by atoms with E-state index < -0.39 is 23.1 Å². The Morgan fingerprint density at radius 1 is 0.868 bits per heavy atom. The Hall–Kier alpha value is -4.78. The van der Waals surface area contributed by atoms with Crippen molar-refractivity contribution in [1.29, 1.82) is 0 Å². The highest BCUT2D eigenvalue weighted by Crippen LogP contribution is 2.36. The number of pyridine rings is 2. The highest BCUT2D eigenvalue weighted by Gasteiger charge is 2.33. The molecule has 0 aliphatic carbocycles. The highest BCUT2D eigenvalue weighted by atomic mass is 35.5. The fourth-order valence-electron chi connectivity index (χ4n) is 4.22. The van der Waals surface area contributed by atoms with Gasteiger partial charge in [-0.1, -0.05) is 38.0 Å². The number of rotatable bonds is 4. The van der Waals surface area contributed by atoms with E-state index in [-0.39, 0.29) is 23.5 Å². The summed E-state index contributed by atoms with van der Waals surface area (Å²) in [5, 5.41) is 12.7. The van der Waals surface area contributed by atoms with Crippen LogP contribution >= 0.6 is 11.6 Å². The van der Waals surface area contributed by atoms with Gasteiger partial charge in [0.15, 0.2) is 18.9 Å². The largest absolute Gasteiger partial charge is 0.545 e. The van der Waals surface area contributed by atoms with E-state index in [1.807, 2.05) is 0 Å². The van der Waals surface area contributed by atoms with Gasteiger partial charge in [0, 0.05) is 34.5 Å². The third-order valence-electron chi connectivity index (χ3n) is 5.93. The van der Waals surface area contributed by atoms with Crippen LogP contribution in [0.2, 0.25) is 5.02 Å². The zero-order valence-electron chi connectivity index (χ0n) is 19.0. The van der Waals surface area contributed by atoms with Gasteiger partial charge in [-0.15, -0.1) is 5.10 Å². The first-order chi connectivity index (χ1) is 18.2. The molecule has 10 nitrogen and oxygen atoms in total. The Morgan fingerprint density at radius 3 is 2.21 bits per heavy atom. The Balaban J connectivity index is 1.65. The summed E-state index contributed by atoms with van der Waals surface area (Å²) in [7, 11) is 0. The molecule has 0 unspecified atom stereocenters. The summed E-state index contributed by atoms with van der Waals surface area (Å²) >= 11 is 6.09. The normalized spacial score (nSPS) is 12.0. The van der Waals surface area contributed by atoms with Crippen LogP contribution in [0.5, 0.6) is 0 Å². The number of halogens is 4. The molecule has 0 fully saturated rings. The molecule has 14 heteroatoms. The molecule has 38 heavy (non-hydrogen) atoms. The number of fused-ring (bicyclic) bond motifs is 3. The van der Waals surface area contributed by atoms with Crippen molar-refractivity contribution in [3.63, 3.8) is 0 Å². The van der Waals surface area contributed by atoms with Crippen LogP contribution in [0.4, 0.5) is 13.2 Å². The molecular weight excluding hydrogens is 525 g/mol. The molecule has 5 aromatic heterocycles. The summed E-state index contributed by atoms with van der Waals surface area (Å²) in [5.74, 6) is 0. The molecule has 0 bridgehead atoms. The maximum Gasteiger partial charge on any atom is 0.545 e. The maximum absolute atomic E-state index is 13.5. The van der Waals surface area contributed by atoms with Crippen LogP contribution in [0, 0.1) is 0 Å². The van der Waals surface area contributed by atoms with Gasteiger partial charge in [-0.2, -0.15) is 18.0 Å². The molecule has 0 spiro atoms. The van der Waals surface area contributed by atoms with E-state index in [0.29, 0.717) is 33.5 Å². The van der Waals surface area contributed by atoms with Crippen molar-refractivity contribution in [1.82, 2.24) is 29.3 Å². The number of hydrogen-bond acceptors (Lipinski definition) is 6. The first-order valence-electron chi connectivity index (χ1n) is 11.0. The third-order valence-corrected chi connectivity index (χ3v) is 6.18. The minimum absolute atomic E-state index is 0.113. The summed E-state index contributed by atoms with van der Waals surface area (Å²) in [4.78, 5) is 33.1. The van der Waals surface area contributed by atoms with Gasteiger partial charge in [0.05, 0.1) is 16.8 Å². The molecule has 188 valence electrons. The van der Waals surface area contributed by atoms with Crippen LogP contribution in [0.1, 0.15) is 11.3 Å². The zero-order valence-corrected chi connectivity index (χ0v) is 19.8. The molecule has 6 aromatic rings. The summed E-state index contributed by atoms with van der Waals surface area (Å²) in [6.45, 7) is -0.241. The minimum Gasteiger partial charge on any atom is -0.256 e. The average molecular weight is 539 g/mol. The summed E-state index contributed by atoms with van der Waals surface area (Å²) < 4.78 is 41.9. The molecule has 0 amide bonds. The van der Waals surface area contributed by atoms with Gasteiger partial charge in [0.2, 0.25) is 5.65 Å². The summed E-state index contributed by atoms with van der Waals surface area (Å²) in [6.07, 6.45) is -0.484. The monoisotopic (exact) mass is 538 g/mol. The van der Waals surface area contributed by atoms with Crippen LogP contribution in [0.15, 0.2) is 76.7 Å². The lowest BCUT2D eigenvalue weighted by Crippen LogP contribution is -2.52. The van der Waals surface area contributed by atoms with E-state index in [1.54, 1.807) is 48.8 Å². The van der Waals surface area contributed by atoms with Crippen LogP contribution < -0.4 is 21.0 Å². The van der Waals surface area contributed by atoms with Gasteiger partial charge < -0.3 is 0 Å². The molecule has 0 saturated carbocycles. The smallest absolute Gasteiger partial charge is 0.256 e. The Bertz CT molecular complexity index is 1920. The first kappa shape index (κ1) is 23.6. The second kappa shape index (κ2) is 8.66. The standard InChI is InChI=1S/C24H13ClF3N8O2/c25-16-4-1-13(2-5-16)18-19(14-7-9-29-10-8-14)21-33-34(12-17-6-3-15(11-30-17)24(26,27)28)23(38)36(21)35-20(18)31-32-22(35)37/h1-11H,12H2/q+1/p+1. The number of aromatic amines is 1. The lowest BCUT2D eigenvalue weighted by Gasteiger charge is -2.09. The van der Waals surface area contributed by atoms with Gasteiger partial charge in [0.25, 0.3) is 5.65 Å². The minimum atomic E-state index is -4.55. The molecule has 0 aliphatic rings. The number of nitrogens with zero attached hydrogens (tertiary/aromatic N) is 7. The molecular formula is C24H14ClF3N8O2+2. The Morgan fingerprint density at radius 2 is 1.55 bits per heavy atom. The second-order valence-electron chi connectivity index (χ2n) is 8.28. The van der Waals surface area contributed by atoms with E-state index in [2.05, 4.69) is 25.3 Å². The van der Waals surface area contributed by atoms with Gasteiger partial charge >= 0.3 is 17.6 Å². The highest BCUT2D eigenvalue weighted by molar-refractivity contribution is 6.30. The number of benzene rings is 1. The molecule has 0 saturated heterocycles. The SMILES string of the molecule is O=c1nnc2c(-c3ccc(Cl)cc3)c(-c3cc[nH+]cc3)c3n[n+](Cc4ccc(C(F)(F)F)cn4)c(=O)n3n12. The zero-order chi connectivity index (χ0) is 26.6. The van der Waals surface area contributed by atoms with Crippen molar-refractivity contribution in [2.24, 2.45) is 0 Å². The van der Waals surface area contributed by atoms with Crippen molar-refractivity contribution in [3.8, 4) is 22.3 Å². The van der Waals surface area contributed by atoms with E-state index in [9.17, 15) is 22.8 Å². The van der Waals surface area contributed by atoms with Gasteiger partial charge in [-0.25, -0.2) is 9.78 Å². The number of H-pyrrole nitrogens is 1. The molecule has 0 aliphatic heterocycles. The molecule has 0 atom stereocenters. The fourth-order valence-corrected chi connectivity index (χ4v) is 4.35. The number of hydrogen-bond donors (Lipinski definition) is 0. The lowest BCUT2D eigenvalue weighted by molar-refractivity contribution is -0.756. The third kappa shape index (κ3) is 3.84. The molecule has 6 rings (SSSR count). The number of aromatic nitrogens is 8. The van der Waals surface area contributed by atoms with E-state index >= 15 is 0 Å². The van der Waals surface area contributed by atoms with Gasteiger partial charge in [-0.3, -0.25) is 4.98 Å². The van der Waals surface area contributed by atoms with Crippen molar-refractivity contribution < 1.29 is 22.8 Å². The summed E-state index contributed by atoms with van der Waals surface area (Å²) in [5.41, 5.74) is 0.213. The number of alkyl halides is 3. The number of nitrogens with one attached hydrogen (secondary N) is 1. The molecule has 1 aromatic carbocycles. The van der Waals surface area contributed by atoms with Crippen molar-refractivity contribution in [2.45, 2.75) is 12.7 Å². The van der Waals surface area contributed by atoms with Crippen molar-refractivity contribution in [2.75, 3.05) is 0 Å². The van der Waals surface area contributed by atoms with Crippen LogP contribution in [0.25, 0.3) is 33.5 Å². The predicted molar refractivity (Wildman–Crippen MR) is 126 cm³/mol. The maximum atomic E-state index is 13.5. The Kier molecular flexibility index (Phi) is 5.38. The predicted octanol–water partition coefficient (Wildman–Crippen LogP) is 2.09. The molecule has 0 radical (unpaired) electrons. The lowest BCUT2D eigenvalue weighted by atomic mass is 9.97. The van der Waals surface area contributed by atoms with E-state index in [1.165, 1.54) is 6.07 Å². The molecule has 1 N–H and O–H groups in total. The molecule has 5 heterocycles. The van der Waals surface area contributed by atoms with Gasteiger partial charge in [-0.05, 0) is 39.4 Å². The summed E-state index contributed by atoms with van der Waals surface area (Å²) in [6, 6.07) is 12.4. The second-order valence-corrected chi connectivity index (χ2v) is 8.71. The van der Waals surface area contributed by atoms with E-state index in [4.69, 9.17) is 11.6 Å². The quantitative estimate of drug-likeness (QED) is 0.318. The first-order valence-corrected chi connectivity index (χ1v) is 11.4. The van der Waals surface area contributed by atoms with Crippen LogP contribution in [0.3, 0.4) is 0 Å². The van der Waals surface area contributed by atoms with Crippen LogP contribution in [-0.2, 0) is 12.7 Å². The van der Waals surface area contributed by atoms with Gasteiger partial charge in [0.1, 0.15) is 0 Å². The van der Waals surface area contributed by atoms with Crippen molar-refractivity contribution in [3.05, 3.63) is 104 Å². The van der Waals surface area contributed by atoms with Crippen molar-refractivity contribution >= 4 is 22.9 Å². The fraction of sp³-hybridized carbons (Fsp3) is 0.0833. The van der Waals surface area contributed by atoms with E-state index in [0.717, 1.165) is 19.8 Å². The van der Waals surface area contributed by atoms with Crippen LogP contribution in [-0.4, -0.2) is 29.3 Å². The average Bonchev–Trinajstić information content (AvgIpc) is 3.43. The topological polar surface area (TPSA) is 113 Å².